The molecule has 12 heavy (non-hydrogen) atoms. The Labute approximate surface area is 81.5 Å². The number of rotatable bonds is 7. The van der Waals surface area contributed by atoms with E-state index >= 15 is 0 Å². The van der Waals surface area contributed by atoms with Crippen molar-refractivity contribution in [2.45, 2.75) is 33.2 Å². The van der Waals surface area contributed by atoms with Crippen molar-refractivity contribution in [3.8, 4) is 0 Å². The number of alkyl halides is 1. The molecule has 4 heteroatoms. The second kappa shape index (κ2) is 6.89. The van der Waals surface area contributed by atoms with Crippen molar-refractivity contribution in [2.24, 2.45) is 0 Å². The molecule has 0 rings (SSSR count). The lowest BCUT2D eigenvalue weighted by atomic mass is 10.6. The minimum atomic E-state index is -2.00. The standard InChI is InChI=1S/C8H19ClO2Si/c1-4-7-12(8-9,10-5-2)11-6-3/h4-8H2,1-3H3. The molecule has 0 heterocycles. The summed E-state index contributed by atoms with van der Waals surface area (Å²) in [5.74, 6) is 0. The molecule has 0 atom stereocenters. The van der Waals surface area contributed by atoms with Gasteiger partial charge in [0, 0.05) is 13.2 Å². The van der Waals surface area contributed by atoms with Crippen LogP contribution in [0.3, 0.4) is 0 Å². The first kappa shape index (κ1) is 12.4. The first-order chi connectivity index (χ1) is 5.74. The summed E-state index contributed by atoms with van der Waals surface area (Å²) in [4.78, 5) is 0. The van der Waals surface area contributed by atoms with E-state index in [1.807, 2.05) is 13.8 Å². The molecule has 0 N–H and O–H groups in total. The number of hydrogen-bond acceptors (Lipinski definition) is 2. The summed E-state index contributed by atoms with van der Waals surface area (Å²) in [7, 11) is -2.00. The molecular formula is C8H19ClO2Si. The van der Waals surface area contributed by atoms with Gasteiger partial charge >= 0.3 is 8.56 Å². The molecule has 74 valence electrons. The van der Waals surface area contributed by atoms with Crippen molar-refractivity contribution in [3.63, 3.8) is 0 Å². The minimum absolute atomic E-state index is 0.544. The lowest BCUT2D eigenvalue weighted by Gasteiger charge is -2.27. The Morgan fingerprint density at radius 1 is 1.08 bits per heavy atom. The molecule has 0 aliphatic carbocycles. The fraction of sp³-hybridized carbons (Fsp3) is 1.00. The van der Waals surface area contributed by atoms with Crippen molar-refractivity contribution in [1.82, 2.24) is 0 Å². The molecule has 0 aromatic carbocycles. The first-order valence-electron chi connectivity index (χ1n) is 4.58. The number of hydrogen-bond donors (Lipinski definition) is 0. The van der Waals surface area contributed by atoms with Crippen molar-refractivity contribution < 1.29 is 8.85 Å². The lowest BCUT2D eigenvalue weighted by Crippen LogP contribution is -2.44. The third-order valence-electron chi connectivity index (χ3n) is 1.65. The Hall–Kier alpha value is 0.427. The van der Waals surface area contributed by atoms with E-state index in [-0.39, 0.29) is 0 Å². The molecule has 0 saturated heterocycles. The quantitative estimate of drug-likeness (QED) is 0.475. The van der Waals surface area contributed by atoms with Crippen molar-refractivity contribution in [1.29, 1.82) is 0 Å². The Morgan fingerprint density at radius 3 is 1.83 bits per heavy atom. The summed E-state index contributed by atoms with van der Waals surface area (Å²) in [6, 6.07) is 0.998. The van der Waals surface area contributed by atoms with Gasteiger partial charge in [-0.15, -0.1) is 11.6 Å². The molecule has 0 radical (unpaired) electrons. The van der Waals surface area contributed by atoms with Gasteiger partial charge in [0.05, 0.1) is 5.50 Å². The van der Waals surface area contributed by atoms with Gasteiger partial charge in [0.1, 0.15) is 0 Å². The third kappa shape index (κ3) is 3.89. The van der Waals surface area contributed by atoms with Gasteiger partial charge in [-0.2, -0.15) is 0 Å². The van der Waals surface area contributed by atoms with Crippen LogP contribution in [0.1, 0.15) is 27.2 Å². The maximum absolute atomic E-state index is 5.87. The first-order valence-corrected chi connectivity index (χ1v) is 7.35. The second-order valence-electron chi connectivity index (χ2n) is 2.66. The van der Waals surface area contributed by atoms with Crippen molar-refractivity contribution in [3.05, 3.63) is 0 Å². The van der Waals surface area contributed by atoms with E-state index in [1.165, 1.54) is 0 Å². The molecule has 0 bridgehead atoms. The average molecular weight is 211 g/mol. The fourth-order valence-electron chi connectivity index (χ4n) is 1.24. The third-order valence-corrected chi connectivity index (χ3v) is 6.17. The van der Waals surface area contributed by atoms with Crippen LogP contribution in [-0.2, 0) is 8.85 Å². The van der Waals surface area contributed by atoms with Gasteiger partial charge in [0.25, 0.3) is 0 Å². The summed E-state index contributed by atoms with van der Waals surface area (Å²) in [5.41, 5.74) is 0.544. The van der Waals surface area contributed by atoms with Crippen LogP contribution in [-0.4, -0.2) is 27.3 Å². The van der Waals surface area contributed by atoms with Gasteiger partial charge in [-0.1, -0.05) is 13.3 Å². The van der Waals surface area contributed by atoms with E-state index in [1.54, 1.807) is 0 Å². The van der Waals surface area contributed by atoms with Gasteiger partial charge in [-0.25, -0.2) is 0 Å². The lowest BCUT2D eigenvalue weighted by molar-refractivity contribution is 0.187. The van der Waals surface area contributed by atoms with Gasteiger partial charge in [-0.3, -0.25) is 0 Å². The molecular weight excluding hydrogens is 192 g/mol. The van der Waals surface area contributed by atoms with Crippen LogP contribution in [0.2, 0.25) is 6.04 Å². The predicted octanol–water partition coefficient (Wildman–Crippen LogP) is 2.69. The Balaban J connectivity index is 4.06. The molecule has 0 aliphatic rings. The Kier molecular flexibility index (Phi) is 7.14. The molecule has 0 amide bonds. The van der Waals surface area contributed by atoms with Crippen LogP contribution in [0.4, 0.5) is 0 Å². The van der Waals surface area contributed by atoms with Crippen LogP contribution in [0, 0.1) is 0 Å². The van der Waals surface area contributed by atoms with E-state index < -0.39 is 8.56 Å². The van der Waals surface area contributed by atoms with Gasteiger partial charge < -0.3 is 8.85 Å². The van der Waals surface area contributed by atoms with Crippen LogP contribution < -0.4 is 0 Å². The predicted molar refractivity (Wildman–Crippen MR) is 54.8 cm³/mol. The fourth-order valence-corrected chi connectivity index (χ4v) is 4.57. The normalized spacial score (nSPS) is 12.0. The molecule has 2 nitrogen and oxygen atoms in total. The minimum Gasteiger partial charge on any atom is -0.394 e. The van der Waals surface area contributed by atoms with Crippen LogP contribution in [0.25, 0.3) is 0 Å². The molecule has 0 aromatic rings. The highest BCUT2D eigenvalue weighted by Crippen LogP contribution is 2.17. The smallest absolute Gasteiger partial charge is 0.353 e. The largest absolute Gasteiger partial charge is 0.394 e. The van der Waals surface area contributed by atoms with Gasteiger partial charge in [-0.05, 0) is 19.9 Å². The summed E-state index contributed by atoms with van der Waals surface area (Å²) >= 11 is 5.87. The van der Waals surface area contributed by atoms with Gasteiger partial charge in [0.15, 0.2) is 0 Å². The van der Waals surface area contributed by atoms with Crippen LogP contribution >= 0.6 is 11.6 Å². The summed E-state index contributed by atoms with van der Waals surface area (Å²) in [5, 5.41) is 0. The Morgan fingerprint density at radius 2 is 1.58 bits per heavy atom. The van der Waals surface area contributed by atoms with Gasteiger partial charge in [0.2, 0.25) is 0 Å². The average Bonchev–Trinajstić information content (AvgIpc) is 2.06. The highest BCUT2D eigenvalue weighted by molar-refractivity contribution is 6.74. The zero-order chi connectivity index (χ0) is 9.45. The summed E-state index contributed by atoms with van der Waals surface area (Å²) in [6.07, 6.45) is 1.08. The van der Waals surface area contributed by atoms with E-state index in [4.69, 9.17) is 20.5 Å². The van der Waals surface area contributed by atoms with E-state index in [9.17, 15) is 0 Å². The van der Waals surface area contributed by atoms with E-state index in [0.29, 0.717) is 18.7 Å². The Bertz CT molecular complexity index is 94.2. The van der Waals surface area contributed by atoms with Crippen LogP contribution in [0.5, 0.6) is 0 Å². The highest BCUT2D eigenvalue weighted by atomic mass is 35.5. The molecule has 0 aromatic heterocycles. The molecule has 0 fully saturated rings. The molecule has 0 unspecified atom stereocenters. The topological polar surface area (TPSA) is 18.5 Å². The summed E-state index contributed by atoms with van der Waals surface area (Å²) < 4.78 is 11.3. The monoisotopic (exact) mass is 210 g/mol. The maximum Gasteiger partial charge on any atom is 0.353 e. The zero-order valence-electron chi connectivity index (χ0n) is 8.23. The number of halogens is 1. The maximum atomic E-state index is 5.87. The van der Waals surface area contributed by atoms with Crippen molar-refractivity contribution >= 4 is 20.2 Å². The van der Waals surface area contributed by atoms with Crippen LogP contribution in [0.15, 0.2) is 0 Å². The SMILES string of the molecule is CCC[Si](CCl)(OCC)OCC. The second-order valence-corrected chi connectivity index (χ2v) is 6.63. The molecule has 0 saturated carbocycles. The molecule has 0 aliphatic heterocycles. The van der Waals surface area contributed by atoms with E-state index in [2.05, 4.69) is 6.92 Å². The van der Waals surface area contributed by atoms with Crippen molar-refractivity contribution in [2.75, 3.05) is 18.7 Å². The zero-order valence-corrected chi connectivity index (χ0v) is 9.99. The summed E-state index contributed by atoms with van der Waals surface area (Å²) in [6.45, 7) is 7.52. The van der Waals surface area contributed by atoms with E-state index in [0.717, 1.165) is 12.5 Å². The highest BCUT2D eigenvalue weighted by Gasteiger charge is 2.34. The molecule has 0 spiro atoms.